The number of amides is 2. The Morgan fingerprint density at radius 2 is 2.00 bits per heavy atom. The molecule has 0 fully saturated rings. The molecule has 1 N–H and O–H groups in total. The van der Waals surface area contributed by atoms with Crippen molar-refractivity contribution in [2.45, 2.75) is 13.0 Å². The van der Waals surface area contributed by atoms with Crippen molar-refractivity contribution in [1.82, 2.24) is 5.32 Å². The molecule has 0 bridgehead atoms. The molecule has 1 unspecified atom stereocenters. The molecule has 0 saturated heterocycles. The van der Waals surface area contributed by atoms with Crippen LogP contribution in [0.5, 0.6) is 5.75 Å². The molecule has 2 heterocycles. The predicted molar refractivity (Wildman–Crippen MR) is 114 cm³/mol. The van der Waals surface area contributed by atoms with Crippen molar-refractivity contribution in [2.75, 3.05) is 25.1 Å². The van der Waals surface area contributed by atoms with Gasteiger partial charge in [-0.2, -0.15) is 0 Å². The number of esters is 1. The summed E-state index contributed by atoms with van der Waals surface area (Å²) in [6, 6.07) is 11.9. The van der Waals surface area contributed by atoms with E-state index in [9.17, 15) is 14.4 Å². The maximum absolute atomic E-state index is 12.9. The molecule has 0 saturated carbocycles. The third-order valence-corrected chi connectivity index (χ3v) is 5.26. The van der Waals surface area contributed by atoms with E-state index in [1.165, 1.54) is 11.9 Å². The number of likely N-dealkylation sites (N-methyl/N-ethyl adjacent to an activating group) is 1. The third kappa shape index (κ3) is 3.94. The van der Waals surface area contributed by atoms with Gasteiger partial charge in [-0.1, -0.05) is 23.7 Å². The summed E-state index contributed by atoms with van der Waals surface area (Å²) in [5.74, 6) is -1.21. The average molecular weight is 443 g/mol. The fraction of sp³-hybridized carbons (Fsp3) is 0.227. The Hall–Kier alpha value is -3.52. The van der Waals surface area contributed by atoms with E-state index in [-0.39, 0.29) is 18.2 Å². The van der Waals surface area contributed by atoms with Crippen LogP contribution in [0, 0.1) is 6.92 Å². The van der Waals surface area contributed by atoms with E-state index < -0.39 is 24.6 Å². The Balaban J connectivity index is 1.51. The van der Waals surface area contributed by atoms with Gasteiger partial charge in [-0.3, -0.25) is 9.59 Å². The smallest absolute Gasteiger partial charge is 0.375 e. The molecule has 0 radical (unpaired) electrons. The van der Waals surface area contributed by atoms with E-state index in [4.69, 9.17) is 25.5 Å². The Labute approximate surface area is 182 Å². The average Bonchev–Trinajstić information content (AvgIpc) is 3.11. The summed E-state index contributed by atoms with van der Waals surface area (Å²) in [4.78, 5) is 38.9. The number of ether oxygens (including phenoxy) is 2. The van der Waals surface area contributed by atoms with Crippen LogP contribution in [0.2, 0.25) is 5.02 Å². The largest absolute Gasteiger partial charge is 0.477 e. The number of fused-ring (bicyclic) bond motifs is 2. The molecule has 1 aliphatic rings. The molecule has 4 rings (SSSR count). The number of benzene rings is 2. The van der Waals surface area contributed by atoms with Crippen molar-refractivity contribution in [2.24, 2.45) is 0 Å². The summed E-state index contributed by atoms with van der Waals surface area (Å²) in [6.45, 7) is 1.19. The SMILES string of the molecule is CNC(=O)C1CN(C(=O)COC(=O)c2oc3ccc(Cl)cc3c2C)c2ccccc2O1. The van der Waals surface area contributed by atoms with Crippen molar-refractivity contribution >= 4 is 46.0 Å². The normalized spacial score (nSPS) is 15.2. The van der Waals surface area contributed by atoms with Gasteiger partial charge in [0.1, 0.15) is 11.3 Å². The Morgan fingerprint density at radius 1 is 1.23 bits per heavy atom. The fourth-order valence-corrected chi connectivity index (χ4v) is 3.60. The molecule has 0 spiro atoms. The molecule has 2 amide bonds. The number of nitrogens with zero attached hydrogens (tertiary/aromatic N) is 1. The van der Waals surface area contributed by atoms with E-state index in [0.717, 1.165) is 0 Å². The lowest BCUT2D eigenvalue weighted by Crippen LogP contribution is -2.51. The van der Waals surface area contributed by atoms with Gasteiger partial charge in [-0.25, -0.2) is 4.79 Å². The number of furan rings is 1. The van der Waals surface area contributed by atoms with Gasteiger partial charge in [0.2, 0.25) is 5.76 Å². The molecule has 1 atom stereocenters. The first-order valence-electron chi connectivity index (χ1n) is 9.52. The Morgan fingerprint density at radius 3 is 2.77 bits per heavy atom. The number of nitrogens with one attached hydrogen (secondary N) is 1. The zero-order chi connectivity index (χ0) is 22.1. The molecule has 160 valence electrons. The minimum atomic E-state index is -0.873. The first kappa shape index (κ1) is 20.7. The van der Waals surface area contributed by atoms with Crippen LogP contribution in [0.4, 0.5) is 5.69 Å². The Kier molecular flexibility index (Phi) is 5.56. The zero-order valence-corrected chi connectivity index (χ0v) is 17.6. The van der Waals surface area contributed by atoms with Crippen molar-refractivity contribution in [3.05, 3.63) is 58.8 Å². The van der Waals surface area contributed by atoms with Crippen LogP contribution in [0.15, 0.2) is 46.9 Å². The predicted octanol–water partition coefficient (Wildman–Crippen LogP) is 3.09. The molecule has 9 heteroatoms. The van der Waals surface area contributed by atoms with Gasteiger partial charge in [-0.15, -0.1) is 0 Å². The van der Waals surface area contributed by atoms with E-state index in [0.29, 0.717) is 33.0 Å². The number of carbonyl (C=O) groups is 3. The first-order valence-corrected chi connectivity index (χ1v) is 9.90. The van der Waals surface area contributed by atoms with Crippen LogP contribution < -0.4 is 15.0 Å². The number of carbonyl (C=O) groups excluding carboxylic acids is 3. The van der Waals surface area contributed by atoms with E-state index in [1.807, 2.05) is 0 Å². The van der Waals surface area contributed by atoms with E-state index in [1.54, 1.807) is 49.4 Å². The number of hydrogen-bond acceptors (Lipinski definition) is 6. The number of aryl methyl sites for hydroxylation is 1. The molecule has 3 aromatic rings. The zero-order valence-electron chi connectivity index (χ0n) is 16.8. The van der Waals surface area contributed by atoms with E-state index in [2.05, 4.69) is 5.32 Å². The molecule has 0 aliphatic carbocycles. The lowest BCUT2D eigenvalue weighted by atomic mass is 10.1. The second kappa shape index (κ2) is 8.31. The maximum Gasteiger partial charge on any atom is 0.375 e. The van der Waals surface area contributed by atoms with Gasteiger partial charge in [0, 0.05) is 23.0 Å². The molecule has 31 heavy (non-hydrogen) atoms. The summed E-state index contributed by atoms with van der Waals surface area (Å²) in [5.41, 5.74) is 1.57. The number of para-hydroxylation sites is 2. The summed E-state index contributed by atoms with van der Waals surface area (Å²) >= 11 is 6.01. The highest BCUT2D eigenvalue weighted by atomic mass is 35.5. The van der Waals surface area contributed by atoms with Gasteiger partial charge in [0.05, 0.1) is 12.2 Å². The van der Waals surface area contributed by atoms with Gasteiger partial charge in [0.15, 0.2) is 12.7 Å². The van der Waals surface area contributed by atoms with Crippen LogP contribution in [-0.4, -0.2) is 44.1 Å². The topological polar surface area (TPSA) is 98.1 Å². The van der Waals surface area contributed by atoms with Crippen molar-refractivity contribution in [1.29, 1.82) is 0 Å². The lowest BCUT2D eigenvalue weighted by molar-refractivity contribution is -0.128. The second-order valence-electron chi connectivity index (χ2n) is 6.97. The van der Waals surface area contributed by atoms with E-state index >= 15 is 0 Å². The molecule has 1 aromatic heterocycles. The monoisotopic (exact) mass is 442 g/mol. The summed E-state index contributed by atoms with van der Waals surface area (Å²) in [6.07, 6.45) is -0.873. The van der Waals surface area contributed by atoms with Crippen LogP contribution >= 0.6 is 11.6 Å². The van der Waals surface area contributed by atoms with Gasteiger partial charge in [0.25, 0.3) is 11.8 Å². The van der Waals surface area contributed by atoms with Crippen molar-refractivity contribution < 1.29 is 28.3 Å². The summed E-state index contributed by atoms with van der Waals surface area (Å²) < 4.78 is 16.5. The number of anilines is 1. The second-order valence-corrected chi connectivity index (χ2v) is 7.40. The minimum Gasteiger partial charge on any atom is -0.477 e. The fourth-order valence-electron chi connectivity index (χ4n) is 3.43. The highest BCUT2D eigenvalue weighted by Gasteiger charge is 2.34. The molecule has 1 aliphatic heterocycles. The van der Waals surface area contributed by atoms with Crippen LogP contribution in [0.25, 0.3) is 11.0 Å². The van der Waals surface area contributed by atoms with Crippen LogP contribution in [0.1, 0.15) is 16.1 Å². The number of halogens is 1. The summed E-state index contributed by atoms with van der Waals surface area (Å²) in [7, 11) is 1.49. The molecule has 2 aromatic carbocycles. The molecular weight excluding hydrogens is 424 g/mol. The highest BCUT2D eigenvalue weighted by molar-refractivity contribution is 6.31. The number of rotatable bonds is 4. The highest BCUT2D eigenvalue weighted by Crippen LogP contribution is 2.33. The molecular formula is C22H19ClN2O6. The van der Waals surface area contributed by atoms with Gasteiger partial charge in [-0.05, 0) is 37.3 Å². The first-order chi connectivity index (χ1) is 14.9. The van der Waals surface area contributed by atoms with Gasteiger partial charge >= 0.3 is 5.97 Å². The number of hydrogen-bond donors (Lipinski definition) is 1. The lowest BCUT2D eigenvalue weighted by Gasteiger charge is -2.33. The van der Waals surface area contributed by atoms with Crippen LogP contribution in [-0.2, 0) is 14.3 Å². The molecule has 8 nitrogen and oxygen atoms in total. The minimum absolute atomic E-state index is 0.00473. The third-order valence-electron chi connectivity index (χ3n) is 5.02. The van der Waals surface area contributed by atoms with Crippen molar-refractivity contribution in [3.8, 4) is 5.75 Å². The Bertz CT molecular complexity index is 1190. The summed E-state index contributed by atoms with van der Waals surface area (Å²) in [5, 5.41) is 3.72. The van der Waals surface area contributed by atoms with Gasteiger partial charge < -0.3 is 24.1 Å². The standard InChI is InChI=1S/C22H19ClN2O6/c1-12-14-9-13(23)7-8-16(14)31-20(12)22(28)29-11-19(26)25-10-18(21(27)24-2)30-17-6-4-3-5-15(17)25/h3-9,18H,10-11H2,1-2H3,(H,24,27). The quantitative estimate of drug-likeness (QED) is 0.623. The van der Waals surface area contributed by atoms with Crippen LogP contribution in [0.3, 0.4) is 0 Å². The maximum atomic E-state index is 12.9. The van der Waals surface area contributed by atoms with Crippen molar-refractivity contribution in [3.63, 3.8) is 0 Å².